The first kappa shape index (κ1) is 19.9. The smallest absolute Gasteiger partial charge is 0.203 e. The Balaban J connectivity index is 2.87. The molecular weight excluding hydrogens is 310 g/mol. The molecule has 0 aromatic heterocycles. The molecule has 2 N–H and O–H groups in total. The van der Waals surface area contributed by atoms with E-state index in [9.17, 15) is 0 Å². The maximum Gasteiger partial charge on any atom is 0.203 e. The Bertz CT molecular complexity index is 521. The average molecular weight is 339 g/mol. The molecule has 0 heterocycles. The number of benzene rings is 1. The Morgan fingerprint density at radius 2 is 1.75 bits per heavy atom. The van der Waals surface area contributed by atoms with Gasteiger partial charge in [0.25, 0.3) is 0 Å². The normalized spacial score (nSPS) is 11.1. The number of guanidine groups is 1. The van der Waals surface area contributed by atoms with E-state index in [1.54, 1.807) is 21.3 Å². The zero-order valence-corrected chi connectivity index (χ0v) is 15.3. The van der Waals surface area contributed by atoms with Crippen LogP contribution in [0.1, 0.15) is 19.4 Å². The SMILES string of the molecule is CCNC(=NCc1ccc(OC)c(OC)c1OC)NCCOCC. The molecular formula is C17H29N3O4. The summed E-state index contributed by atoms with van der Waals surface area (Å²) in [4.78, 5) is 4.58. The molecule has 24 heavy (non-hydrogen) atoms. The molecule has 0 saturated heterocycles. The number of rotatable bonds is 10. The van der Waals surface area contributed by atoms with Crippen molar-refractivity contribution in [1.82, 2.24) is 10.6 Å². The predicted octanol–water partition coefficient (Wildman–Crippen LogP) is 1.80. The van der Waals surface area contributed by atoms with Crippen molar-refractivity contribution in [1.29, 1.82) is 0 Å². The Kier molecular flexibility index (Phi) is 9.45. The fourth-order valence-corrected chi connectivity index (χ4v) is 2.18. The average Bonchev–Trinajstić information content (AvgIpc) is 2.61. The summed E-state index contributed by atoms with van der Waals surface area (Å²) in [6.07, 6.45) is 0. The van der Waals surface area contributed by atoms with Crippen LogP contribution in [0.3, 0.4) is 0 Å². The molecule has 1 rings (SSSR count). The molecule has 1 aromatic rings. The van der Waals surface area contributed by atoms with Gasteiger partial charge in [-0.2, -0.15) is 0 Å². The molecule has 7 heteroatoms. The Hall–Kier alpha value is -2.15. The monoisotopic (exact) mass is 339 g/mol. The molecule has 1 aromatic carbocycles. The van der Waals surface area contributed by atoms with Gasteiger partial charge in [0.1, 0.15) is 0 Å². The highest BCUT2D eigenvalue weighted by molar-refractivity contribution is 5.79. The molecule has 0 atom stereocenters. The van der Waals surface area contributed by atoms with Crippen LogP contribution >= 0.6 is 0 Å². The molecule has 0 fully saturated rings. The van der Waals surface area contributed by atoms with Crippen molar-refractivity contribution >= 4 is 5.96 Å². The number of hydrogen-bond acceptors (Lipinski definition) is 5. The second kappa shape index (κ2) is 11.4. The molecule has 136 valence electrons. The van der Waals surface area contributed by atoms with Gasteiger partial charge in [-0.1, -0.05) is 0 Å². The Labute approximate surface area is 144 Å². The molecule has 0 spiro atoms. The summed E-state index contributed by atoms with van der Waals surface area (Å²) in [7, 11) is 4.80. The fourth-order valence-electron chi connectivity index (χ4n) is 2.18. The van der Waals surface area contributed by atoms with E-state index in [1.165, 1.54) is 0 Å². The zero-order chi connectivity index (χ0) is 17.8. The van der Waals surface area contributed by atoms with E-state index in [0.717, 1.165) is 18.1 Å². The highest BCUT2D eigenvalue weighted by atomic mass is 16.5. The lowest BCUT2D eigenvalue weighted by atomic mass is 10.1. The van der Waals surface area contributed by atoms with Gasteiger partial charge in [0, 0.05) is 25.3 Å². The van der Waals surface area contributed by atoms with E-state index in [1.807, 2.05) is 26.0 Å². The lowest BCUT2D eigenvalue weighted by molar-refractivity contribution is 0.152. The van der Waals surface area contributed by atoms with Crippen molar-refractivity contribution in [3.63, 3.8) is 0 Å². The lowest BCUT2D eigenvalue weighted by Gasteiger charge is -2.15. The van der Waals surface area contributed by atoms with Crippen LogP contribution in [0.25, 0.3) is 0 Å². The van der Waals surface area contributed by atoms with Gasteiger partial charge in [-0.15, -0.1) is 0 Å². The molecule has 0 saturated carbocycles. The second-order valence-corrected chi connectivity index (χ2v) is 4.81. The third-order valence-electron chi connectivity index (χ3n) is 3.28. The lowest BCUT2D eigenvalue weighted by Crippen LogP contribution is -2.39. The van der Waals surface area contributed by atoms with E-state index < -0.39 is 0 Å². The van der Waals surface area contributed by atoms with E-state index in [-0.39, 0.29) is 0 Å². The number of aliphatic imine (C=N–C) groups is 1. The number of nitrogens with zero attached hydrogens (tertiary/aromatic N) is 1. The number of ether oxygens (including phenoxy) is 4. The largest absolute Gasteiger partial charge is 0.493 e. The summed E-state index contributed by atoms with van der Waals surface area (Å²) >= 11 is 0. The van der Waals surface area contributed by atoms with Crippen LogP contribution in [0, 0.1) is 0 Å². The van der Waals surface area contributed by atoms with Gasteiger partial charge in [-0.25, -0.2) is 4.99 Å². The van der Waals surface area contributed by atoms with Gasteiger partial charge < -0.3 is 29.6 Å². The molecule has 0 bridgehead atoms. The van der Waals surface area contributed by atoms with E-state index in [2.05, 4.69) is 15.6 Å². The van der Waals surface area contributed by atoms with Crippen molar-refractivity contribution in [3.05, 3.63) is 17.7 Å². The van der Waals surface area contributed by atoms with Gasteiger partial charge in [0.2, 0.25) is 5.75 Å². The molecule has 7 nitrogen and oxygen atoms in total. The molecule has 0 aliphatic heterocycles. The first-order chi connectivity index (χ1) is 11.7. The van der Waals surface area contributed by atoms with Crippen LogP contribution in [0.5, 0.6) is 17.2 Å². The number of nitrogens with one attached hydrogen (secondary N) is 2. The van der Waals surface area contributed by atoms with Crippen molar-refractivity contribution in [2.24, 2.45) is 4.99 Å². The highest BCUT2D eigenvalue weighted by Crippen LogP contribution is 2.39. The Morgan fingerprint density at radius 1 is 1.00 bits per heavy atom. The summed E-state index contributed by atoms with van der Waals surface area (Å²) in [6.45, 7) is 7.28. The van der Waals surface area contributed by atoms with Gasteiger partial charge >= 0.3 is 0 Å². The third kappa shape index (κ3) is 5.81. The van der Waals surface area contributed by atoms with E-state index >= 15 is 0 Å². The van der Waals surface area contributed by atoms with Crippen LogP contribution in [-0.4, -0.2) is 53.6 Å². The van der Waals surface area contributed by atoms with Gasteiger partial charge in [0.15, 0.2) is 17.5 Å². The molecule has 0 unspecified atom stereocenters. The second-order valence-electron chi connectivity index (χ2n) is 4.81. The van der Waals surface area contributed by atoms with Crippen LogP contribution < -0.4 is 24.8 Å². The van der Waals surface area contributed by atoms with Crippen LogP contribution in [-0.2, 0) is 11.3 Å². The van der Waals surface area contributed by atoms with E-state index in [0.29, 0.717) is 43.6 Å². The van der Waals surface area contributed by atoms with Gasteiger partial charge in [-0.3, -0.25) is 0 Å². The summed E-state index contributed by atoms with van der Waals surface area (Å²) < 4.78 is 21.5. The molecule has 0 amide bonds. The van der Waals surface area contributed by atoms with Crippen molar-refractivity contribution in [2.75, 3.05) is 47.6 Å². The summed E-state index contributed by atoms with van der Waals surface area (Å²) in [5.74, 6) is 2.56. The molecule has 0 radical (unpaired) electrons. The maximum absolute atomic E-state index is 5.48. The van der Waals surface area contributed by atoms with Crippen molar-refractivity contribution < 1.29 is 18.9 Å². The van der Waals surface area contributed by atoms with Crippen LogP contribution in [0.2, 0.25) is 0 Å². The van der Waals surface area contributed by atoms with Crippen molar-refractivity contribution in [3.8, 4) is 17.2 Å². The van der Waals surface area contributed by atoms with Crippen LogP contribution in [0.4, 0.5) is 0 Å². The quantitative estimate of drug-likeness (QED) is 0.385. The van der Waals surface area contributed by atoms with Gasteiger partial charge in [0.05, 0.1) is 34.5 Å². The molecule has 0 aliphatic rings. The van der Waals surface area contributed by atoms with E-state index in [4.69, 9.17) is 18.9 Å². The van der Waals surface area contributed by atoms with Crippen molar-refractivity contribution in [2.45, 2.75) is 20.4 Å². The summed E-state index contributed by atoms with van der Waals surface area (Å²) in [5.41, 5.74) is 0.914. The topological polar surface area (TPSA) is 73.3 Å². The predicted molar refractivity (Wildman–Crippen MR) is 95.4 cm³/mol. The zero-order valence-electron chi connectivity index (χ0n) is 15.3. The summed E-state index contributed by atoms with van der Waals surface area (Å²) in [5, 5.41) is 6.44. The standard InChI is InChI=1S/C17H29N3O4/c1-6-18-17(19-10-11-24-7-2)20-12-13-8-9-14(21-3)16(23-5)15(13)22-4/h8-9H,6-7,10-12H2,1-5H3,(H2,18,19,20). The number of methoxy groups -OCH3 is 3. The minimum Gasteiger partial charge on any atom is -0.493 e. The van der Waals surface area contributed by atoms with Gasteiger partial charge in [-0.05, 0) is 26.0 Å². The minimum atomic E-state index is 0.452. The minimum absolute atomic E-state index is 0.452. The molecule has 0 aliphatic carbocycles. The number of hydrogen-bond donors (Lipinski definition) is 2. The highest BCUT2D eigenvalue weighted by Gasteiger charge is 2.15. The maximum atomic E-state index is 5.48. The fraction of sp³-hybridized carbons (Fsp3) is 0.588. The summed E-state index contributed by atoms with van der Waals surface area (Å²) in [6, 6.07) is 3.77. The first-order valence-corrected chi connectivity index (χ1v) is 8.09. The first-order valence-electron chi connectivity index (χ1n) is 8.09. The Morgan fingerprint density at radius 3 is 2.33 bits per heavy atom. The third-order valence-corrected chi connectivity index (χ3v) is 3.28. The van der Waals surface area contributed by atoms with Crippen LogP contribution in [0.15, 0.2) is 17.1 Å².